The van der Waals surface area contributed by atoms with Gasteiger partial charge in [0.15, 0.2) is 0 Å². The molecule has 0 saturated carbocycles. The predicted octanol–water partition coefficient (Wildman–Crippen LogP) is 3.26. The van der Waals surface area contributed by atoms with E-state index < -0.39 is 22.0 Å². The minimum atomic E-state index is -3.84. The molecule has 0 radical (unpaired) electrons. The van der Waals surface area contributed by atoms with Gasteiger partial charge >= 0.3 is 0 Å². The van der Waals surface area contributed by atoms with Crippen molar-refractivity contribution in [2.45, 2.75) is 58.0 Å². The molecular formula is C25H35N3O4S. The zero-order valence-electron chi connectivity index (χ0n) is 20.2. The lowest BCUT2D eigenvalue weighted by molar-refractivity contribution is -0.140. The van der Waals surface area contributed by atoms with Gasteiger partial charge in [-0.2, -0.15) is 4.31 Å². The van der Waals surface area contributed by atoms with E-state index in [1.165, 1.54) is 24.1 Å². The number of likely N-dealkylation sites (N-methyl/N-ethyl adjacent to an activating group) is 1. The summed E-state index contributed by atoms with van der Waals surface area (Å²) in [4.78, 5) is 27.5. The highest BCUT2D eigenvalue weighted by atomic mass is 32.2. The van der Waals surface area contributed by atoms with E-state index in [-0.39, 0.29) is 23.9 Å². The smallest absolute Gasteiger partial charge is 0.243 e. The van der Waals surface area contributed by atoms with Crippen LogP contribution in [0.15, 0.2) is 53.4 Å². The Bertz CT molecular complexity index is 1030. The van der Waals surface area contributed by atoms with Crippen LogP contribution < -0.4 is 5.32 Å². The first-order chi connectivity index (χ1) is 15.6. The second-order valence-corrected chi connectivity index (χ2v) is 10.4. The number of hydrogen-bond donors (Lipinski definition) is 1. The van der Waals surface area contributed by atoms with Crippen LogP contribution in [0.2, 0.25) is 0 Å². The lowest BCUT2D eigenvalue weighted by atomic mass is 10.1. The molecule has 0 bridgehead atoms. The normalized spacial score (nSPS) is 12.4. The molecule has 0 saturated heterocycles. The number of rotatable bonds is 11. The van der Waals surface area contributed by atoms with Crippen LogP contribution in [0.4, 0.5) is 0 Å². The van der Waals surface area contributed by atoms with E-state index in [4.69, 9.17) is 0 Å². The number of carbonyl (C=O) groups is 2. The number of hydrogen-bond acceptors (Lipinski definition) is 4. The minimum Gasteiger partial charge on any atom is -0.354 e. The molecule has 0 heterocycles. The zero-order chi connectivity index (χ0) is 24.6. The van der Waals surface area contributed by atoms with Gasteiger partial charge in [0.05, 0.1) is 11.4 Å². The molecule has 0 spiro atoms. The maximum atomic E-state index is 13.3. The van der Waals surface area contributed by atoms with Gasteiger partial charge in [0.2, 0.25) is 21.8 Å². The van der Waals surface area contributed by atoms with E-state index in [0.29, 0.717) is 6.54 Å². The molecule has 2 aromatic carbocycles. The third kappa shape index (κ3) is 7.40. The number of unbranched alkanes of at least 4 members (excludes halogenated alkanes) is 1. The number of nitrogens with one attached hydrogen (secondary N) is 1. The van der Waals surface area contributed by atoms with Crippen molar-refractivity contribution in [2.24, 2.45) is 0 Å². The molecule has 0 aromatic heterocycles. The van der Waals surface area contributed by atoms with Crippen molar-refractivity contribution in [2.75, 3.05) is 20.1 Å². The summed E-state index contributed by atoms with van der Waals surface area (Å²) in [5.41, 5.74) is 2.90. The van der Waals surface area contributed by atoms with E-state index in [1.54, 1.807) is 19.1 Å². The number of nitrogens with zero attached hydrogens (tertiary/aromatic N) is 2. The van der Waals surface area contributed by atoms with E-state index in [0.717, 1.165) is 33.8 Å². The molecule has 0 unspecified atom stereocenters. The fourth-order valence-electron chi connectivity index (χ4n) is 3.27. The molecule has 0 fully saturated rings. The maximum Gasteiger partial charge on any atom is 0.243 e. The topological polar surface area (TPSA) is 86.8 Å². The van der Waals surface area contributed by atoms with E-state index in [2.05, 4.69) is 5.32 Å². The second kappa shape index (κ2) is 12.0. The highest BCUT2D eigenvalue weighted by Gasteiger charge is 2.30. The van der Waals surface area contributed by atoms with Gasteiger partial charge in [0.25, 0.3) is 0 Å². The van der Waals surface area contributed by atoms with Gasteiger partial charge < -0.3 is 10.2 Å². The predicted molar refractivity (Wildman–Crippen MR) is 130 cm³/mol. The van der Waals surface area contributed by atoms with Crippen molar-refractivity contribution < 1.29 is 18.0 Å². The molecule has 0 aliphatic carbocycles. The fourth-order valence-corrected chi connectivity index (χ4v) is 4.39. The molecule has 0 aliphatic rings. The van der Waals surface area contributed by atoms with Crippen molar-refractivity contribution in [3.05, 3.63) is 65.2 Å². The van der Waals surface area contributed by atoms with Crippen LogP contribution >= 0.6 is 0 Å². The first-order valence-electron chi connectivity index (χ1n) is 11.2. The standard InChI is InChI=1S/C25H35N3O4S/c1-6-7-16-26-25(30)21(4)28(17-22-12-8-19(2)9-13-22)24(29)18-27(5)33(31,32)23-14-10-20(3)11-15-23/h8-15,21H,6-7,16-18H2,1-5H3,(H,26,30)/t21-/m1/s1. The quantitative estimate of drug-likeness (QED) is 0.508. The van der Waals surface area contributed by atoms with Crippen LogP contribution in [0, 0.1) is 13.8 Å². The molecule has 1 N–H and O–H groups in total. The Kier molecular flexibility index (Phi) is 9.61. The summed E-state index contributed by atoms with van der Waals surface area (Å²) < 4.78 is 26.9. The minimum absolute atomic E-state index is 0.124. The third-order valence-corrected chi connectivity index (χ3v) is 7.38. The lowest BCUT2D eigenvalue weighted by Gasteiger charge is -2.30. The molecule has 0 aliphatic heterocycles. The molecule has 2 aromatic rings. The highest BCUT2D eigenvalue weighted by molar-refractivity contribution is 7.89. The molecule has 1 atom stereocenters. The molecule has 2 rings (SSSR count). The van der Waals surface area contributed by atoms with Crippen molar-refractivity contribution in [3.8, 4) is 0 Å². The summed E-state index contributed by atoms with van der Waals surface area (Å²) in [5.74, 6) is -0.695. The second-order valence-electron chi connectivity index (χ2n) is 8.40. The van der Waals surface area contributed by atoms with Crippen LogP contribution in [-0.4, -0.2) is 55.6 Å². The Morgan fingerprint density at radius 2 is 1.52 bits per heavy atom. The number of sulfonamides is 1. The number of carbonyl (C=O) groups excluding carboxylic acids is 2. The Labute approximate surface area is 197 Å². The summed E-state index contributed by atoms with van der Waals surface area (Å²) >= 11 is 0. The number of amides is 2. The first kappa shape index (κ1) is 26.5. The molecule has 2 amide bonds. The monoisotopic (exact) mass is 473 g/mol. The zero-order valence-corrected chi connectivity index (χ0v) is 21.0. The van der Waals surface area contributed by atoms with Gasteiger partial charge in [-0.3, -0.25) is 9.59 Å². The van der Waals surface area contributed by atoms with Gasteiger partial charge in [-0.05, 0) is 44.9 Å². The Balaban J connectivity index is 2.22. The van der Waals surface area contributed by atoms with Gasteiger partial charge in [-0.1, -0.05) is 60.9 Å². The summed E-state index contributed by atoms with van der Waals surface area (Å²) in [6.07, 6.45) is 1.80. The van der Waals surface area contributed by atoms with E-state index in [1.807, 2.05) is 45.0 Å². The van der Waals surface area contributed by atoms with Gasteiger partial charge in [-0.15, -0.1) is 0 Å². The van der Waals surface area contributed by atoms with Crippen molar-refractivity contribution in [1.82, 2.24) is 14.5 Å². The maximum absolute atomic E-state index is 13.3. The Hall–Kier alpha value is -2.71. The summed E-state index contributed by atoms with van der Waals surface area (Å²) in [6, 6.07) is 13.4. The Morgan fingerprint density at radius 1 is 0.970 bits per heavy atom. The van der Waals surface area contributed by atoms with Gasteiger partial charge in [-0.25, -0.2) is 8.42 Å². The SMILES string of the molecule is CCCCNC(=O)[C@@H](C)N(Cc1ccc(C)cc1)C(=O)CN(C)S(=O)(=O)c1ccc(C)cc1. The third-order valence-electron chi connectivity index (χ3n) is 5.56. The van der Waals surface area contributed by atoms with Crippen LogP contribution in [0.3, 0.4) is 0 Å². The molecule has 7 nitrogen and oxygen atoms in total. The average molecular weight is 474 g/mol. The average Bonchev–Trinajstić information content (AvgIpc) is 2.78. The number of benzene rings is 2. The van der Waals surface area contributed by atoms with Crippen LogP contribution in [0.1, 0.15) is 43.4 Å². The molecule has 8 heteroatoms. The summed E-state index contributed by atoms with van der Waals surface area (Å²) in [7, 11) is -2.46. The van der Waals surface area contributed by atoms with E-state index in [9.17, 15) is 18.0 Å². The van der Waals surface area contributed by atoms with Crippen molar-refractivity contribution >= 4 is 21.8 Å². The largest absolute Gasteiger partial charge is 0.354 e. The van der Waals surface area contributed by atoms with Gasteiger partial charge in [0.1, 0.15) is 6.04 Å². The Morgan fingerprint density at radius 3 is 2.06 bits per heavy atom. The highest BCUT2D eigenvalue weighted by Crippen LogP contribution is 2.17. The van der Waals surface area contributed by atoms with E-state index >= 15 is 0 Å². The van der Waals surface area contributed by atoms with Crippen molar-refractivity contribution in [3.63, 3.8) is 0 Å². The van der Waals surface area contributed by atoms with Gasteiger partial charge in [0, 0.05) is 20.1 Å². The van der Waals surface area contributed by atoms with Crippen LogP contribution in [0.5, 0.6) is 0 Å². The molecule has 180 valence electrons. The first-order valence-corrected chi connectivity index (χ1v) is 12.7. The van der Waals surface area contributed by atoms with Crippen LogP contribution in [0.25, 0.3) is 0 Å². The summed E-state index contributed by atoms with van der Waals surface area (Å²) in [6.45, 7) is 7.93. The molecule has 33 heavy (non-hydrogen) atoms. The fraction of sp³-hybridized carbons (Fsp3) is 0.440. The lowest BCUT2D eigenvalue weighted by Crippen LogP contribution is -2.50. The number of aryl methyl sites for hydroxylation is 2. The van der Waals surface area contributed by atoms with Crippen molar-refractivity contribution in [1.29, 1.82) is 0 Å². The van der Waals surface area contributed by atoms with Crippen LogP contribution in [-0.2, 0) is 26.2 Å². The molecular weight excluding hydrogens is 438 g/mol. The summed E-state index contributed by atoms with van der Waals surface area (Å²) in [5, 5.41) is 2.86.